The van der Waals surface area contributed by atoms with Gasteiger partial charge in [0.1, 0.15) is 17.1 Å². The molecule has 3 unspecified atom stereocenters. The summed E-state index contributed by atoms with van der Waals surface area (Å²) >= 11 is 0. The lowest BCUT2D eigenvalue weighted by Crippen LogP contribution is -2.49. The summed E-state index contributed by atoms with van der Waals surface area (Å²) < 4.78 is 17.1. The number of ether oxygens (including phenoxy) is 3. The van der Waals surface area contributed by atoms with Gasteiger partial charge in [-0.25, -0.2) is 0 Å². The van der Waals surface area contributed by atoms with E-state index in [-0.39, 0.29) is 17.7 Å². The molecule has 1 aliphatic rings. The van der Waals surface area contributed by atoms with Crippen LogP contribution in [0.2, 0.25) is 0 Å². The molecule has 20 heavy (non-hydrogen) atoms. The Kier molecular flexibility index (Phi) is 4.55. The fraction of sp³-hybridized carbons (Fsp3) is 0.625. The lowest BCUT2D eigenvalue weighted by atomic mass is 9.85. The van der Waals surface area contributed by atoms with Gasteiger partial charge >= 0.3 is 0 Å². The van der Waals surface area contributed by atoms with Crippen LogP contribution in [0.25, 0.3) is 0 Å². The van der Waals surface area contributed by atoms with Gasteiger partial charge in [0.2, 0.25) is 0 Å². The van der Waals surface area contributed by atoms with Gasteiger partial charge in [-0.2, -0.15) is 0 Å². The van der Waals surface area contributed by atoms with Gasteiger partial charge in [0, 0.05) is 31.2 Å². The number of hydrogen-bond acceptors (Lipinski definition) is 4. The lowest BCUT2D eigenvalue weighted by Gasteiger charge is -2.43. The first-order chi connectivity index (χ1) is 9.54. The Morgan fingerprint density at radius 3 is 2.80 bits per heavy atom. The summed E-state index contributed by atoms with van der Waals surface area (Å²) in [5.74, 6) is 1.70. The van der Waals surface area contributed by atoms with Gasteiger partial charge in [-0.1, -0.05) is 13.0 Å². The zero-order valence-corrected chi connectivity index (χ0v) is 13.0. The second kappa shape index (κ2) is 6.02. The van der Waals surface area contributed by atoms with E-state index in [0.29, 0.717) is 0 Å². The second-order valence-corrected chi connectivity index (χ2v) is 5.51. The van der Waals surface area contributed by atoms with Crippen LogP contribution in [0.4, 0.5) is 0 Å². The van der Waals surface area contributed by atoms with Crippen LogP contribution in [0.15, 0.2) is 18.2 Å². The van der Waals surface area contributed by atoms with E-state index in [1.807, 2.05) is 19.1 Å². The fourth-order valence-electron chi connectivity index (χ4n) is 2.75. The molecule has 0 amide bonds. The molecule has 0 spiro atoms. The number of benzene rings is 1. The Hall–Kier alpha value is -1.26. The average molecular weight is 279 g/mol. The summed E-state index contributed by atoms with van der Waals surface area (Å²) in [5, 5.41) is 3.54. The number of nitrogens with one attached hydrogen (secondary N) is 1. The molecule has 0 saturated heterocycles. The smallest absolute Gasteiger partial charge is 0.134 e. The minimum absolute atomic E-state index is 0.0167. The lowest BCUT2D eigenvalue weighted by molar-refractivity contribution is -0.0731. The highest BCUT2D eigenvalue weighted by atomic mass is 16.5. The van der Waals surface area contributed by atoms with Crippen LogP contribution < -0.4 is 14.8 Å². The van der Waals surface area contributed by atoms with Crippen LogP contribution in [-0.2, 0) is 4.74 Å². The van der Waals surface area contributed by atoms with E-state index in [2.05, 4.69) is 25.2 Å². The minimum atomic E-state index is -0.346. The van der Waals surface area contributed by atoms with Crippen molar-refractivity contribution in [2.45, 2.75) is 44.9 Å². The van der Waals surface area contributed by atoms with Crippen LogP contribution in [0.3, 0.4) is 0 Å². The van der Waals surface area contributed by atoms with Crippen molar-refractivity contribution in [3.63, 3.8) is 0 Å². The molecule has 112 valence electrons. The third kappa shape index (κ3) is 2.76. The first-order valence-electron chi connectivity index (χ1n) is 7.17. The molecule has 1 aliphatic heterocycles. The molecule has 0 saturated carbocycles. The van der Waals surface area contributed by atoms with Gasteiger partial charge < -0.3 is 19.5 Å². The molecule has 2 rings (SSSR count). The molecule has 1 aromatic rings. The molecule has 4 heteroatoms. The number of methoxy groups -OCH3 is 2. The Morgan fingerprint density at radius 2 is 2.20 bits per heavy atom. The van der Waals surface area contributed by atoms with Gasteiger partial charge in [-0.05, 0) is 26.5 Å². The van der Waals surface area contributed by atoms with Crippen LogP contribution in [-0.4, -0.2) is 32.5 Å². The maximum Gasteiger partial charge on any atom is 0.134 e. The summed E-state index contributed by atoms with van der Waals surface area (Å²) in [6, 6.07) is 6.30. The predicted molar refractivity (Wildman–Crippen MR) is 79.5 cm³/mol. The molecular weight excluding hydrogens is 254 g/mol. The first kappa shape index (κ1) is 15.1. The number of rotatable bonds is 5. The maximum atomic E-state index is 6.25. The maximum absolute atomic E-state index is 6.25. The molecule has 0 aliphatic carbocycles. The molecule has 0 bridgehead atoms. The molecule has 4 nitrogen and oxygen atoms in total. The van der Waals surface area contributed by atoms with Crippen molar-refractivity contribution in [2.24, 2.45) is 0 Å². The van der Waals surface area contributed by atoms with Crippen LogP contribution in [0.5, 0.6) is 11.5 Å². The van der Waals surface area contributed by atoms with E-state index in [4.69, 9.17) is 14.2 Å². The summed E-state index contributed by atoms with van der Waals surface area (Å²) in [7, 11) is 3.39. The van der Waals surface area contributed by atoms with E-state index in [1.54, 1.807) is 14.2 Å². The topological polar surface area (TPSA) is 39.7 Å². The van der Waals surface area contributed by atoms with Gasteiger partial charge in [-0.3, -0.25) is 0 Å². The molecule has 0 aromatic heterocycles. The Labute approximate surface area is 121 Å². The van der Waals surface area contributed by atoms with Crippen molar-refractivity contribution >= 4 is 0 Å². The minimum Gasteiger partial charge on any atom is -0.497 e. The van der Waals surface area contributed by atoms with Gasteiger partial charge in [0.05, 0.1) is 13.2 Å². The standard InChI is InChI=1S/C16H25NO3/c1-6-17-14-10-16(3,11(2)18-4)20-15-9-12(19-5)7-8-13(14)15/h7-9,11,14,17H,6,10H2,1-5H3. The molecule has 1 heterocycles. The highest BCUT2D eigenvalue weighted by Crippen LogP contribution is 2.43. The SMILES string of the molecule is CCNC1CC(C)(C(C)OC)Oc2cc(OC)ccc21. The van der Waals surface area contributed by atoms with Crippen molar-refractivity contribution in [3.05, 3.63) is 23.8 Å². The normalized spacial score (nSPS) is 26.6. The van der Waals surface area contributed by atoms with Crippen molar-refractivity contribution in [3.8, 4) is 11.5 Å². The van der Waals surface area contributed by atoms with Gasteiger partial charge in [0.15, 0.2) is 0 Å². The van der Waals surface area contributed by atoms with Crippen molar-refractivity contribution in [1.29, 1.82) is 0 Å². The Bertz CT molecular complexity index is 463. The summed E-state index contributed by atoms with van der Waals surface area (Å²) in [4.78, 5) is 0. The van der Waals surface area contributed by atoms with Crippen LogP contribution >= 0.6 is 0 Å². The van der Waals surface area contributed by atoms with E-state index in [1.165, 1.54) is 5.56 Å². The second-order valence-electron chi connectivity index (χ2n) is 5.51. The quantitative estimate of drug-likeness (QED) is 0.899. The van der Waals surface area contributed by atoms with Crippen LogP contribution in [0, 0.1) is 0 Å². The zero-order valence-electron chi connectivity index (χ0n) is 13.0. The van der Waals surface area contributed by atoms with E-state index in [9.17, 15) is 0 Å². The number of hydrogen-bond donors (Lipinski definition) is 1. The zero-order chi connectivity index (χ0) is 14.8. The molecular formula is C16H25NO3. The van der Waals surface area contributed by atoms with E-state index in [0.717, 1.165) is 24.5 Å². The summed E-state index contributed by atoms with van der Waals surface area (Å²) in [5.41, 5.74) is 0.842. The fourth-order valence-corrected chi connectivity index (χ4v) is 2.75. The Balaban J connectivity index is 2.39. The highest BCUT2D eigenvalue weighted by Gasteiger charge is 2.41. The molecule has 3 atom stereocenters. The van der Waals surface area contributed by atoms with Crippen LogP contribution in [0.1, 0.15) is 38.8 Å². The predicted octanol–water partition coefficient (Wildman–Crippen LogP) is 2.92. The number of fused-ring (bicyclic) bond motifs is 1. The summed E-state index contributed by atoms with van der Waals surface area (Å²) in [6.45, 7) is 7.20. The molecule has 0 fully saturated rings. The largest absolute Gasteiger partial charge is 0.497 e. The third-order valence-corrected chi connectivity index (χ3v) is 4.21. The first-order valence-corrected chi connectivity index (χ1v) is 7.17. The van der Waals surface area contributed by atoms with Crippen molar-refractivity contribution in [2.75, 3.05) is 20.8 Å². The van der Waals surface area contributed by atoms with Gasteiger partial charge in [0.25, 0.3) is 0 Å². The van der Waals surface area contributed by atoms with E-state index < -0.39 is 0 Å². The van der Waals surface area contributed by atoms with Crippen molar-refractivity contribution < 1.29 is 14.2 Å². The molecule has 1 N–H and O–H groups in total. The summed E-state index contributed by atoms with van der Waals surface area (Å²) in [6.07, 6.45) is 0.901. The monoisotopic (exact) mass is 279 g/mol. The highest BCUT2D eigenvalue weighted by molar-refractivity contribution is 5.44. The van der Waals surface area contributed by atoms with Gasteiger partial charge in [-0.15, -0.1) is 0 Å². The average Bonchev–Trinajstić information content (AvgIpc) is 2.45. The third-order valence-electron chi connectivity index (χ3n) is 4.21. The molecule has 0 radical (unpaired) electrons. The Morgan fingerprint density at radius 1 is 1.45 bits per heavy atom. The van der Waals surface area contributed by atoms with E-state index >= 15 is 0 Å². The molecule has 1 aromatic carbocycles. The van der Waals surface area contributed by atoms with Crippen molar-refractivity contribution in [1.82, 2.24) is 5.32 Å².